The van der Waals surface area contributed by atoms with Gasteiger partial charge in [-0.05, 0) is 49.6 Å². The zero-order valence-electron chi connectivity index (χ0n) is 17.4. The molecule has 3 atom stereocenters. The lowest BCUT2D eigenvalue weighted by atomic mass is 9.83. The van der Waals surface area contributed by atoms with Crippen LogP contribution in [-0.2, 0) is 4.79 Å². The molecule has 2 aromatic rings. The number of hydrogen-bond acceptors (Lipinski definition) is 3. The smallest absolute Gasteiger partial charge is 0.253 e. The SMILES string of the molecule is CC[C@H](C)NC(=O)[C@@H]1C[C@@H](c2ccccc2)CN(C(=O)c2ccc(OC)cc2)C1. The van der Waals surface area contributed by atoms with E-state index < -0.39 is 0 Å². The van der Waals surface area contributed by atoms with Crippen LogP contribution in [0, 0.1) is 5.92 Å². The molecule has 1 fully saturated rings. The second-order valence-electron chi connectivity index (χ2n) is 7.80. The summed E-state index contributed by atoms with van der Waals surface area (Å²) in [6, 6.07) is 17.4. The fourth-order valence-electron chi connectivity index (χ4n) is 3.80. The number of benzene rings is 2. The zero-order chi connectivity index (χ0) is 20.8. The van der Waals surface area contributed by atoms with Crippen molar-refractivity contribution in [3.05, 3.63) is 65.7 Å². The number of likely N-dealkylation sites (tertiary alicyclic amines) is 1. The van der Waals surface area contributed by atoms with Crippen molar-refractivity contribution >= 4 is 11.8 Å². The maximum Gasteiger partial charge on any atom is 0.253 e. The summed E-state index contributed by atoms with van der Waals surface area (Å²) in [5, 5.41) is 3.09. The number of hydrogen-bond donors (Lipinski definition) is 1. The molecule has 1 N–H and O–H groups in total. The van der Waals surface area contributed by atoms with Gasteiger partial charge in [-0.2, -0.15) is 0 Å². The maximum absolute atomic E-state index is 13.2. The lowest BCUT2D eigenvalue weighted by molar-refractivity contribution is -0.127. The van der Waals surface area contributed by atoms with E-state index in [0.717, 1.165) is 12.8 Å². The van der Waals surface area contributed by atoms with Gasteiger partial charge in [0.25, 0.3) is 5.91 Å². The summed E-state index contributed by atoms with van der Waals surface area (Å²) >= 11 is 0. The number of carbonyl (C=O) groups is 2. The summed E-state index contributed by atoms with van der Waals surface area (Å²) in [6.07, 6.45) is 1.63. The Labute approximate surface area is 173 Å². The molecule has 29 heavy (non-hydrogen) atoms. The first-order valence-electron chi connectivity index (χ1n) is 10.3. The van der Waals surface area contributed by atoms with Crippen LogP contribution in [0.4, 0.5) is 0 Å². The summed E-state index contributed by atoms with van der Waals surface area (Å²) in [6.45, 7) is 5.12. The first-order chi connectivity index (χ1) is 14.0. The highest BCUT2D eigenvalue weighted by molar-refractivity contribution is 5.95. The highest BCUT2D eigenvalue weighted by Crippen LogP contribution is 2.31. The van der Waals surface area contributed by atoms with Crippen molar-refractivity contribution in [2.45, 2.75) is 38.6 Å². The summed E-state index contributed by atoms with van der Waals surface area (Å²) in [4.78, 5) is 27.9. The van der Waals surface area contributed by atoms with E-state index in [9.17, 15) is 9.59 Å². The average molecular weight is 395 g/mol. The number of nitrogens with one attached hydrogen (secondary N) is 1. The summed E-state index contributed by atoms with van der Waals surface area (Å²) in [5.41, 5.74) is 1.78. The van der Waals surface area contributed by atoms with Crippen LogP contribution in [0.25, 0.3) is 0 Å². The van der Waals surface area contributed by atoms with E-state index >= 15 is 0 Å². The van der Waals surface area contributed by atoms with Gasteiger partial charge in [-0.15, -0.1) is 0 Å². The fraction of sp³-hybridized carbons (Fsp3) is 0.417. The Balaban J connectivity index is 1.82. The normalized spacial score (nSPS) is 20.0. The second-order valence-corrected chi connectivity index (χ2v) is 7.80. The van der Waals surface area contributed by atoms with Crippen LogP contribution in [0.5, 0.6) is 5.75 Å². The number of piperidine rings is 1. The van der Waals surface area contributed by atoms with Gasteiger partial charge >= 0.3 is 0 Å². The number of methoxy groups -OCH3 is 1. The largest absolute Gasteiger partial charge is 0.497 e. The number of rotatable bonds is 6. The van der Waals surface area contributed by atoms with E-state index in [-0.39, 0.29) is 29.7 Å². The fourth-order valence-corrected chi connectivity index (χ4v) is 3.80. The van der Waals surface area contributed by atoms with Crippen LogP contribution >= 0.6 is 0 Å². The van der Waals surface area contributed by atoms with Crippen LogP contribution in [-0.4, -0.2) is 43.0 Å². The van der Waals surface area contributed by atoms with E-state index in [2.05, 4.69) is 24.4 Å². The van der Waals surface area contributed by atoms with Crippen molar-refractivity contribution in [2.75, 3.05) is 20.2 Å². The molecule has 0 unspecified atom stereocenters. The Bertz CT molecular complexity index is 820. The molecule has 0 saturated carbocycles. The standard InChI is InChI=1S/C24H30N2O3/c1-4-17(2)25-23(27)21-14-20(18-8-6-5-7-9-18)15-26(16-21)24(28)19-10-12-22(29-3)13-11-19/h5-13,17,20-21H,4,14-16H2,1-3H3,(H,25,27)/t17-,20+,21+/m0/s1. The monoisotopic (exact) mass is 394 g/mol. The maximum atomic E-state index is 13.2. The van der Waals surface area contributed by atoms with Crippen LogP contribution in [0.3, 0.4) is 0 Å². The first-order valence-corrected chi connectivity index (χ1v) is 10.3. The molecule has 1 saturated heterocycles. The number of ether oxygens (including phenoxy) is 1. The van der Waals surface area contributed by atoms with Gasteiger partial charge in [0, 0.05) is 30.6 Å². The van der Waals surface area contributed by atoms with Gasteiger partial charge in [-0.25, -0.2) is 0 Å². The Morgan fingerprint density at radius 3 is 2.41 bits per heavy atom. The number of amides is 2. The summed E-state index contributed by atoms with van der Waals surface area (Å²) in [5.74, 6) is 0.625. The third-order valence-corrected chi connectivity index (χ3v) is 5.72. The number of carbonyl (C=O) groups excluding carboxylic acids is 2. The molecule has 0 aromatic heterocycles. The van der Waals surface area contributed by atoms with Gasteiger partial charge < -0.3 is 15.0 Å². The van der Waals surface area contributed by atoms with Crippen molar-refractivity contribution in [3.63, 3.8) is 0 Å². The van der Waals surface area contributed by atoms with E-state index in [1.807, 2.05) is 30.0 Å². The predicted molar refractivity (Wildman–Crippen MR) is 114 cm³/mol. The van der Waals surface area contributed by atoms with Gasteiger partial charge in [-0.1, -0.05) is 37.3 Å². The van der Waals surface area contributed by atoms with E-state index in [0.29, 0.717) is 24.4 Å². The summed E-state index contributed by atoms with van der Waals surface area (Å²) in [7, 11) is 1.60. The van der Waals surface area contributed by atoms with Crippen molar-refractivity contribution in [1.29, 1.82) is 0 Å². The van der Waals surface area contributed by atoms with Gasteiger partial charge in [0.1, 0.15) is 5.75 Å². The van der Waals surface area contributed by atoms with E-state index in [1.54, 1.807) is 31.4 Å². The molecule has 2 aromatic carbocycles. The van der Waals surface area contributed by atoms with Gasteiger partial charge in [0.2, 0.25) is 5.91 Å². The van der Waals surface area contributed by atoms with Crippen LogP contribution in [0.15, 0.2) is 54.6 Å². The van der Waals surface area contributed by atoms with E-state index in [1.165, 1.54) is 5.56 Å². The molecule has 1 aliphatic rings. The quantitative estimate of drug-likeness (QED) is 0.809. The Kier molecular flexibility index (Phi) is 6.91. The Hall–Kier alpha value is -2.82. The third kappa shape index (κ3) is 5.17. The lowest BCUT2D eigenvalue weighted by Crippen LogP contribution is -2.49. The molecule has 0 aliphatic carbocycles. The first kappa shape index (κ1) is 20.9. The van der Waals surface area contributed by atoms with Gasteiger partial charge in [-0.3, -0.25) is 9.59 Å². The molecule has 5 heteroatoms. The third-order valence-electron chi connectivity index (χ3n) is 5.72. The van der Waals surface area contributed by atoms with E-state index in [4.69, 9.17) is 4.74 Å². The molecular formula is C24H30N2O3. The molecule has 1 aliphatic heterocycles. The average Bonchev–Trinajstić information content (AvgIpc) is 2.78. The minimum atomic E-state index is -0.217. The lowest BCUT2D eigenvalue weighted by Gasteiger charge is -2.38. The zero-order valence-corrected chi connectivity index (χ0v) is 17.4. The molecule has 2 amide bonds. The highest BCUT2D eigenvalue weighted by atomic mass is 16.5. The minimum Gasteiger partial charge on any atom is -0.497 e. The molecule has 0 bridgehead atoms. The van der Waals surface area contributed by atoms with Crippen molar-refractivity contribution in [1.82, 2.24) is 10.2 Å². The highest BCUT2D eigenvalue weighted by Gasteiger charge is 2.35. The van der Waals surface area contributed by atoms with Crippen molar-refractivity contribution in [2.24, 2.45) is 5.92 Å². The molecule has 0 spiro atoms. The topological polar surface area (TPSA) is 58.6 Å². The molecule has 3 rings (SSSR count). The number of nitrogens with zero attached hydrogens (tertiary/aromatic N) is 1. The molecule has 1 heterocycles. The van der Waals surface area contributed by atoms with Crippen LogP contribution in [0.1, 0.15) is 48.5 Å². The van der Waals surface area contributed by atoms with Crippen molar-refractivity contribution < 1.29 is 14.3 Å². The molecule has 154 valence electrons. The summed E-state index contributed by atoms with van der Waals surface area (Å²) < 4.78 is 5.19. The van der Waals surface area contributed by atoms with Gasteiger partial charge in [0.15, 0.2) is 0 Å². The van der Waals surface area contributed by atoms with Crippen LogP contribution < -0.4 is 10.1 Å². The predicted octanol–water partition coefficient (Wildman–Crippen LogP) is 3.86. The van der Waals surface area contributed by atoms with Gasteiger partial charge in [0.05, 0.1) is 13.0 Å². The van der Waals surface area contributed by atoms with Crippen molar-refractivity contribution in [3.8, 4) is 5.75 Å². The minimum absolute atomic E-state index is 0.0347. The second kappa shape index (κ2) is 9.59. The Morgan fingerprint density at radius 1 is 1.10 bits per heavy atom. The molecule has 5 nitrogen and oxygen atoms in total. The van der Waals surface area contributed by atoms with Crippen LogP contribution in [0.2, 0.25) is 0 Å². The molecular weight excluding hydrogens is 364 g/mol. The molecule has 0 radical (unpaired) electrons. The Morgan fingerprint density at radius 2 is 1.79 bits per heavy atom.